The van der Waals surface area contributed by atoms with Gasteiger partial charge in [-0.05, 0) is 19.4 Å². The van der Waals surface area contributed by atoms with Gasteiger partial charge in [0.2, 0.25) is 0 Å². The molecule has 1 nitrogen and oxygen atoms in total. The summed E-state index contributed by atoms with van der Waals surface area (Å²) in [5.74, 6) is 0.208. The van der Waals surface area contributed by atoms with Crippen LogP contribution in [0.4, 0.5) is 4.39 Å². The molecule has 1 saturated carbocycles. The zero-order valence-electron chi connectivity index (χ0n) is 5.26. The van der Waals surface area contributed by atoms with Crippen LogP contribution in [0, 0.1) is 11.8 Å². The van der Waals surface area contributed by atoms with Gasteiger partial charge >= 0.3 is 0 Å². The van der Waals surface area contributed by atoms with Crippen LogP contribution in [0.15, 0.2) is 11.8 Å². The standard InChI is InChI=1S/C7H9FO/c1-7(8)4-2-3-5(9)6(4)7/h3-4,6,9H,2H2,1H3/t4?,6-,7-/m1/s1. The molecule has 1 N–H and O–H groups in total. The quantitative estimate of drug-likeness (QED) is 0.527. The lowest BCUT2D eigenvalue weighted by molar-refractivity contribution is 0.266. The van der Waals surface area contributed by atoms with E-state index in [4.69, 9.17) is 5.11 Å². The Morgan fingerprint density at radius 1 is 1.89 bits per heavy atom. The largest absolute Gasteiger partial charge is 0.512 e. The van der Waals surface area contributed by atoms with Crippen molar-refractivity contribution in [2.75, 3.05) is 0 Å². The number of hydrogen-bond donors (Lipinski definition) is 1. The van der Waals surface area contributed by atoms with E-state index in [-0.39, 0.29) is 17.6 Å². The number of hydrogen-bond acceptors (Lipinski definition) is 1. The molecular formula is C7H9FO. The summed E-state index contributed by atoms with van der Waals surface area (Å²) in [6.07, 6.45) is 2.44. The van der Waals surface area contributed by atoms with Gasteiger partial charge in [-0.15, -0.1) is 0 Å². The van der Waals surface area contributed by atoms with E-state index >= 15 is 0 Å². The molecule has 1 unspecified atom stereocenters. The second kappa shape index (κ2) is 1.15. The highest BCUT2D eigenvalue weighted by molar-refractivity contribution is 5.28. The lowest BCUT2D eigenvalue weighted by Crippen LogP contribution is -2.01. The zero-order chi connectivity index (χ0) is 6.65. The maximum Gasteiger partial charge on any atom is 0.122 e. The summed E-state index contributed by atoms with van der Waals surface area (Å²) in [6.45, 7) is 1.56. The third-order valence-electron chi connectivity index (χ3n) is 2.53. The minimum absolute atomic E-state index is 0.0949. The van der Waals surface area contributed by atoms with Crippen molar-refractivity contribution in [2.45, 2.75) is 19.0 Å². The van der Waals surface area contributed by atoms with Crippen LogP contribution in [-0.4, -0.2) is 10.8 Å². The second-order valence-electron chi connectivity index (χ2n) is 3.10. The van der Waals surface area contributed by atoms with Gasteiger partial charge < -0.3 is 5.11 Å². The van der Waals surface area contributed by atoms with Gasteiger partial charge in [0.05, 0.1) is 11.7 Å². The second-order valence-corrected chi connectivity index (χ2v) is 3.10. The van der Waals surface area contributed by atoms with Crippen LogP contribution in [0.25, 0.3) is 0 Å². The molecule has 0 bridgehead atoms. The van der Waals surface area contributed by atoms with Gasteiger partial charge in [0.1, 0.15) is 5.67 Å². The molecule has 0 radical (unpaired) electrons. The van der Waals surface area contributed by atoms with Crippen LogP contribution in [0.1, 0.15) is 13.3 Å². The Kier molecular flexibility index (Phi) is 0.675. The van der Waals surface area contributed by atoms with E-state index < -0.39 is 5.67 Å². The van der Waals surface area contributed by atoms with E-state index in [2.05, 4.69) is 0 Å². The van der Waals surface area contributed by atoms with Gasteiger partial charge in [-0.3, -0.25) is 0 Å². The minimum atomic E-state index is -1.08. The zero-order valence-corrected chi connectivity index (χ0v) is 5.26. The first-order chi connectivity index (χ1) is 4.14. The number of rotatable bonds is 0. The van der Waals surface area contributed by atoms with E-state index in [0.717, 1.165) is 6.42 Å². The van der Waals surface area contributed by atoms with E-state index in [9.17, 15) is 4.39 Å². The van der Waals surface area contributed by atoms with Crippen LogP contribution in [0.2, 0.25) is 0 Å². The van der Waals surface area contributed by atoms with Crippen molar-refractivity contribution in [2.24, 2.45) is 11.8 Å². The average Bonchev–Trinajstić information content (AvgIpc) is 2.19. The van der Waals surface area contributed by atoms with Crippen molar-refractivity contribution in [3.8, 4) is 0 Å². The molecule has 2 heteroatoms. The van der Waals surface area contributed by atoms with E-state index in [0.29, 0.717) is 0 Å². The van der Waals surface area contributed by atoms with Gasteiger partial charge in [0.15, 0.2) is 0 Å². The predicted molar refractivity (Wildman–Crippen MR) is 31.8 cm³/mol. The number of alkyl halides is 1. The Morgan fingerprint density at radius 3 is 2.78 bits per heavy atom. The van der Waals surface area contributed by atoms with Crippen LogP contribution < -0.4 is 0 Å². The fourth-order valence-corrected chi connectivity index (χ4v) is 1.80. The smallest absolute Gasteiger partial charge is 0.122 e. The number of halogens is 1. The highest BCUT2D eigenvalue weighted by Gasteiger charge is 2.66. The summed E-state index contributed by atoms with van der Waals surface area (Å²) in [5.41, 5.74) is -1.08. The third kappa shape index (κ3) is 0.443. The van der Waals surface area contributed by atoms with Crippen LogP contribution in [0.3, 0.4) is 0 Å². The Balaban J connectivity index is 2.25. The van der Waals surface area contributed by atoms with Crippen molar-refractivity contribution in [3.63, 3.8) is 0 Å². The van der Waals surface area contributed by atoms with Gasteiger partial charge in [0.25, 0.3) is 0 Å². The van der Waals surface area contributed by atoms with Gasteiger partial charge in [-0.2, -0.15) is 0 Å². The monoisotopic (exact) mass is 128 g/mol. The highest BCUT2D eigenvalue weighted by atomic mass is 19.1. The summed E-state index contributed by atoms with van der Waals surface area (Å²) in [7, 11) is 0. The van der Waals surface area contributed by atoms with Gasteiger partial charge in [-0.25, -0.2) is 4.39 Å². The Hall–Kier alpha value is -0.530. The average molecular weight is 128 g/mol. The lowest BCUT2D eigenvalue weighted by Gasteiger charge is -1.99. The molecule has 2 aliphatic carbocycles. The first kappa shape index (κ1) is 5.27. The Morgan fingerprint density at radius 2 is 2.56 bits per heavy atom. The fourth-order valence-electron chi connectivity index (χ4n) is 1.80. The minimum Gasteiger partial charge on any atom is -0.512 e. The summed E-state index contributed by atoms with van der Waals surface area (Å²) < 4.78 is 13.0. The maximum absolute atomic E-state index is 13.0. The molecule has 0 saturated heterocycles. The fraction of sp³-hybridized carbons (Fsp3) is 0.714. The molecular weight excluding hydrogens is 119 g/mol. The topological polar surface area (TPSA) is 20.2 Å². The number of fused-ring (bicyclic) bond motifs is 1. The molecule has 9 heavy (non-hydrogen) atoms. The summed E-state index contributed by atoms with van der Waals surface area (Å²) in [6, 6.07) is 0. The van der Waals surface area contributed by atoms with E-state index in [1.54, 1.807) is 13.0 Å². The first-order valence-electron chi connectivity index (χ1n) is 3.22. The summed E-state index contributed by atoms with van der Waals surface area (Å²) >= 11 is 0. The first-order valence-corrected chi connectivity index (χ1v) is 3.22. The molecule has 2 rings (SSSR count). The molecule has 3 atom stereocenters. The normalized spacial score (nSPS) is 54.7. The summed E-state index contributed by atoms with van der Waals surface area (Å²) in [5, 5.41) is 9.00. The lowest BCUT2D eigenvalue weighted by atomic mass is 10.2. The number of aliphatic hydroxyl groups excluding tert-OH is 1. The SMILES string of the molecule is C[C@@]1(F)C2CC=C(O)[C@@H]21. The van der Waals surface area contributed by atoms with Crippen molar-refractivity contribution < 1.29 is 9.50 Å². The van der Waals surface area contributed by atoms with Crippen molar-refractivity contribution in [3.05, 3.63) is 11.8 Å². The van der Waals surface area contributed by atoms with Gasteiger partial charge in [0, 0.05) is 5.92 Å². The van der Waals surface area contributed by atoms with E-state index in [1.807, 2.05) is 0 Å². The molecule has 0 spiro atoms. The van der Waals surface area contributed by atoms with E-state index in [1.165, 1.54) is 0 Å². The molecule has 1 fully saturated rings. The van der Waals surface area contributed by atoms with Crippen molar-refractivity contribution in [1.29, 1.82) is 0 Å². The molecule has 0 aromatic heterocycles. The molecule has 0 aromatic carbocycles. The number of allylic oxidation sites excluding steroid dienone is 2. The van der Waals surface area contributed by atoms with Gasteiger partial charge in [-0.1, -0.05) is 0 Å². The van der Waals surface area contributed by atoms with Crippen LogP contribution in [0.5, 0.6) is 0 Å². The highest BCUT2D eigenvalue weighted by Crippen LogP contribution is 2.62. The van der Waals surface area contributed by atoms with Crippen molar-refractivity contribution >= 4 is 0 Å². The molecule has 0 amide bonds. The maximum atomic E-state index is 13.0. The van der Waals surface area contributed by atoms with Crippen molar-refractivity contribution in [1.82, 2.24) is 0 Å². The predicted octanol–water partition coefficient (Wildman–Crippen LogP) is 1.81. The molecule has 50 valence electrons. The Bertz CT molecular complexity index is 183. The summed E-state index contributed by atoms with van der Waals surface area (Å²) in [4.78, 5) is 0. The molecule has 0 aromatic rings. The number of aliphatic hydroxyl groups is 1. The van der Waals surface area contributed by atoms with Crippen LogP contribution >= 0.6 is 0 Å². The third-order valence-corrected chi connectivity index (χ3v) is 2.53. The molecule has 2 aliphatic rings. The Labute approximate surface area is 53.2 Å². The molecule has 0 heterocycles. The van der Waals surface area contributed by atoms with Crippen LogP contribution in [-0.2, 0) is 0 Å². The molecule has 0 aliphatic heterocycles.